The predicted octanol–water partition coefficient (Wildman–Crippen LogP) is 0.948. The minimum absolute atomic E-state index is 0.0651. The number of anilines is 1. The first kappa shape index (κ1) is 8.26. The van der Waals surface area contributed by atoms with E-state index in [0.717, 1.165) is 22.4 Å². The number of benzene rings is 1. The first-order valence-electron chi connectivity index (χ1n) is 4.33. The molecule has 1 amide bonds. The van der Waals surface area contributed by atoms with Crippen molar-refractivity contribution < 1.29 is 4.79 Å². The van der Waals surface area contributed by atoms with Crippen LogP contribution in [-0.2, 0) is 17.8 Å². The van der Waals surface area contributed by atoms with Crippen LogP contribution in [0.2, 0.25) is 0 Å². The Morgan fingerprint density at radius 2 is 2.31 bits per heavy atom. The topological polar surface area (TPSA) is 55.1 Å². The van der Waals surface area contributed by atoms with Crippen LogP contribution < -0.4 is 11.1 Å². The van der Waals surface area contributed by atoms with Crippen molar-refractivity contribution in [1.29, 1.82) is 0 Å². The lowest BCUT2D eigenvalue weighted by Gasteiger charge is -2.06. The molecule has 1 aliphatic heterocycles. The van der Waals surface area contributed by atoms with E-state index < -0.39 is 0 Å². The molecule has 3 heteroatoms. The van der Waals surface area contributed by atoms with Crippen LogP contribution in [0.1, 0.15) is 16.7 Å². The molecule has 3 N–H and O–H groups in total. The molecule has 1 aromatic carbocycles. The summed E-state index contributed by atoms with van der Waals surface area (Å²) in [5.41, 5.74) is 9.78. The summed E-state index contributed by atoms with van der Waals surface area (Å²) in [6.07, 6.45) is 0.490. The van der Waals surface area contributed by atoms with Crippen molar-refractivity contribution in [3.63, 3.8) is 0 Å². The van der Waals surface area contributed by atoms with Crippen LogP contribution in [-0.4, -0.2) is 5.91 Å². The first-order chi connectivity index (χ1) is 6.20. The summed E-state index contributed by atoms with van der Waals surface area (Å²) in [6.45, 7) is 2.49. The molecule has 0 fully saturated rings. The van der Waals surface area contributed by atoms with Gasteiger partial charge in [0, 0.05) is 12.2 Å². The Balaban J connectivity index is 2.56. The lowest BCUT2D eigenvalue weighted by Crippen LogP contribution is -2.06. The number of hydrogen-bond acceptors (Lipinski definition) is 2. The molecule has 0 unspecified atom stereocenters. The SMILES string of the molecule is Cc1cc(CN)c2c(c1)CC(=O)N2. The number of nitrogens with one attached hydrogen (secondary N) is 1. The number of amides is 1. The minimum atomic E-state index is 0.0651. The molecule has 0 saturated carbocycles. The van der Waals surface area contributed by atoms with Gasteiger partial charge in [-0.3, -0.25) is 4.79 Å². The summed E-state index contributed by atoms with van der Waals surface area (Å²) in [5, 5.41) is 2.83. The Morgan fingerprint density at radius 3 is 3.00 bits per heavy atom. The molecule has 68 valence electrons. The Kier molecular flexibility index (Phi) is 1.81. The Hall–Kier alpha value is -1.35. The maximum Gasteiger partial charge on any atom is 0.228 e. The summed E-state index contributed by atoms with van der Waals surface area (Å²) in [7, 11) is 0. The van der Waals surface area contributed by atoms with Crippen molar-refractivity contribution in [3.05, 3.63) is 28.8 Å². The highest BCUT2D eigenvalue weighted by Crippen LogP contribution is 2.28. The van der Waals surface area contributed by atoms with Gasteiger partial charge < -0.3 is 11.1 Å². The average Bonchev–Trinajstić information content (AvgIpc) is 2.43. The Bertz CT molecular complexity index is 371. The van der Waals surface area contributed by atoms with E-state index in [2.05, 4.69) is 5.32 Å². The van der Waals surface area contributed by atoms with Crippen LogP contribution >= 0.6 is 0 Å². The van der Waals surface area contributed by atoms with E-state index in [1.807, 2.05) is 19.1 Å². The highest BCUT2D eigenvalue weighted by molar-refractivity contribution is 6.00. The maximum absolute atomic E-state index is 11.1. The van der Waals surface area contributed by atoms with Crippen LogP contribution in [0.3, 0.4) is 0 Å². The van der Waals surface area contributed by atoms with Gasteiger partial charge >= 0.3 is 0 Å². The van der Waals surface area contributed by atoms with Crippen LogP contribution in [0, 0.1) is 6.92 Å². The third-order valence-corrected chi connectivity index (χ3v) is 2.28. The molecule has 0 aromatic heterocycles. The number of hydrogen-bond donors (Lipinski definition) is 2. The second kappa shape index (κ2) is 2.85. The van der Waals surface area contributed by atoms with Crippen molar-refractivity contribution >= 4 is 11.6 Å². The molecule has 3 nitrogen and oxygen atoms in total. The Labute approximate surface area is 76.9 Å². The Morgan fingerprint density at radius 1 is 1.54 bits per heavy atom. The fourth-order valence-corrected chi connectivity index (χ4v) is 1.76. The van der Waals surface area contributed by atoms with Crippen molar-refractivity contribution in [2.75, 3.05) is 5.32 Å². The van der Waals surface area contributed by atoms with Crippen molar-refractivity contribution in [1.82, 2.24) is 0 Å². The highest BCUT2D eigenvalue weighted by atomic mass is 16.1. The van der Waals surface area contributed by atoms with Crippen molar-refractivity contribution in [3.8, 4) is 0 Å². The molecule has 0 aliphatic carbocycles. The van der Waals surface area contributed by atoms with Gasteiger partial charge in [-0.2, -0.15) is 0 Å². The van der Waals surface area contributed by atoms with Crippen molar-refractivity contribution in [2.45, 2.75) is 19.9 Å². The van der Waals surface area contributed by atoms with E-state index in [4.69, 9.17) is 5.73 Å². The van der Waals surface area contributed by atoms with Gasteiger partial charge in [-0.15, -0.1) is 0 Å². The van der Waals surface area contributed by atoms with Crippen LogP contribution in [0.4, 0.5) is 5.69 Å². The predicted molar refractivity (Wildman–Crippen MR) is 51.4 cm³/mol. The van der Waals surface area contributed by atoms with Gasteiger partial charge in [0.25, 0.3) is 0 Å². The van der Waals surface area contributed by atoms with Crippen LogP contribution in [0.15, 0.2) is 12.1 Å². The van der Waals surface area contributed by atoms with Gasteiger partial charge in [-0.1, -0.05) is 17.7 Å². The molecule has 0 saturated heterocycles. The molecule has 0 bridgehead atoms. The zero-order chi connectivity index (χ0) is 9.42. The summed E-state index contributed by atoms with van der Waals surface area (Å²) in [6, 6.07) is 4.05. The fraction of sp³-hybridized carbons (Fsp3) is 0.300. The lowest BCUT2D eigenvalue weighted by molar-refractivity contribution is -0.115. The quantitative estimate of drug-likeness (QED) is 0.669. The van der Waals surface area contributed by atoms with Gasteiger partial charge in [-0.25, -0.2) is 0 Å². The molecule has 13 heavy (non-hydrogen) atoms. The van der Waals surface area contributed by atoms with E-state index in [1.165, 1.54) is 0 Å². The van der Waals surface area contributed by atoms with Gasteiger partial charge in [0.1, 0.15) is 0 Å². The summed E-state index contributed by atoms with van der Waals surface area (Å²) < 4.78 is 0. The fourth-order valence-electron chi connectivity index (χ4n) is 1.76. The summed E-state index contributed by atoms with van der Waals surface area (Å²) >= 11 is 0. The first-order valence-corrected chi connectivity index (χ1v) is 4.33. The standard InChI is InChI=1S/C10H12N2O/c1-6-2-7-4-9(13)12-10(7)8(3-6)5-11/h2-3H,4-5,11H2,1H3,(H,12,13). The van der Waals surface area contributed by atoms with Gasteiger partial charge in [0.05, 0.1) is 6.42 Å². The number of rotatable bonds is 1. The van der Waals surface area contributed by atoms with E-state index in [1.54, 1.807) is 0 Å². The third-order valence-electron chi connectivity index (χ3n) is 2.28. The molecule has 0 atom stereocenters. The van der Waals surface area contributed by atoms with Crippen LogP contribution in [0.25, 0.3) is 0 Å². The number of fused-ring (bicyclic) bond motifs is 1. The van der Waals surface area contributed by atoms with Gasteiger partial charge in [0.2, 0.25) is 5.91 Å². The molecule has 1 aliphatic rings. The smallest absolute Gasteiger partial charge is 0.228 e. The lowest BCUT2D eigenvalue weighted by atomic mass is 10.0. The summed E-state index contributed by atoms with van der Waals surface area (Å²) in [5.74, 6) is 0.0651. The van der Waals surface area contributed by atoms with Crippen LogP contribution in [0.5, 0.6) is 0 Å². The number of aryl methyl sites for hydroxylation is 1. The number of nitrogens with two attached hydrogens (primary N) is 1. The molecular formula is C10H12N2O. The second-order valence-electron chi connectivity index (χ2n) is 3.39. The molecule has 2 rings (SSSR count). The average molecular weight is 176 g/mol. The van der Waals surface area contributed by atoms with Crippen molar-refractivity contribution in [2.24, 2.45) is 5.73 Å². The minimum Gasteiger partial charge on any atom is -0.326 e. The highest BCUT2D eigenvalue weighted by Gasteiger charge is 2.20. The zero-order valence-electron chi connectivity index (χ0n) is 7.55. The second-order valence-corrected chi connectivity index (χ2v) is 3.39. The maximum atomic E-state index is 11.1. The molecule has 0 spiro atoms. The largest absolute Gasteiger partial charge is 0.326 e. The van der Waals surface area contributed by atoms with E-state index >= 15 is 0 Å². The molecule has 1 heterocycles. The molecular weight excluding hydrogens is 164 g/mol. The zero-order valence-corrected chi connectivity index (χ0v) is 7.55. The molecule has 1 aromatic rings. The number of carbonyl (C=O) groups excluding carboxylic acids is 1. The number of carbonyl (C=O) groups is 1. The van der Waals surface area contributed by atoms with E-state index in [9.17, 15) is 4.79 Å². The van der Waals surface area contributed by atoms with E-state index in [0.29, 0.717) is 13.0 Å². The third kappa shape index (κ3) is 1.31. The van der Waals surface area contributed by atoms with Gasteiger partial charge in [-0.05, 0) is 18.1 Å². The molecule has 0 radical (unpaired) electrons. The monoisotopic (exact) mass is 176 g/mol. The van der Waals surface area contributed by atoms with Gasteiger partial charge in [0.15, 0.2) is 0 Å². The summed E-state index contributed by atoms with van der Waals surface area (Å²) in [4.78, 5) is 11.1. The van der Waals surface area contributed by atoms with E-state index in [-0.39, 0.29) is 5.91 Å². The normalized spacial score (nSPS) is 14.2.